The highest BCUT2D eigenvalue weighted by molar-refractivity contribution is 5.85. The Bertz CT molecular complexity index is 608. The minimum atomic E-state index is -0.122. The van der Waals surface area contributed by atoms with Crippen LogP contribution in [-0.2, 0) is 11.2 Å². The molecular formula is C18H29ClN4O2. The minimum Gasteiger partial charge on any atom is -0.342 e. The molecule has 4 rings (SSSR count). The average Bonchev–Trinajstić information content (AvgIpc) is 3.21. The Hall–Kier alpha value is -1.14. The van der Waals surface area contributed by atoms with Gasteiger partial charge in [-0.05, 0) is 44.1 Å². The van der Waals surface area contributed by atoms with Crippen LogP contribution in [-0.4, -0.2) is 47.1 Å². The van der Waals surface area contributed by atoms with Gasteiger partial charge in [0.25, 0.3) is 0 Å². The van der Waals surface area contributed by atoms with Gasteiger partial charge in [-0.3, -0.25) is 4.79 Å². The van der Waals surface area contributed by atoms with Gasteiger partial charge in [0.2, 0.25) is 11.8 Å². The number of fused-ring (bicyclic) bond motifs is 1. The topological polar surface area (TPSA) is 71.3 Å². The number of likely N-dealkylation sites (tertiary alicyclic amines) is 1. The second kappa shape index (κ2) is 7.62. The van der Waals surface area contributed by atoms with E-state index in [0.717, 1.165) is 57.7 Å². The monoisotopic (exact) mass is 368 g/mol. The van der Waals surface area contributed by atoms with Crippen molar-refractivity contribution in [2.24, 2.45) is 17.3 Å². The first-order valence-electron chi connectivity index (χ1n) is 9.47. The lowest BCUT2D eigenvalue weighted by molar-refractivity contribution is -0.147. The summed E-state index contributed by atoms with van der Waals surface area (Å²) >= 11 is 0. The van der Waals surface area contributed by atoms with Gasteiger partial charge in [-0.15, -0.1) is 12.4 Å². The first-order chi connectivity index (χ1) is 11.7. The molecule has 2 saturated heterocycles. The van der Waals surface area contributed by atoms with Crippen molar-refractivity contribution < 1.29 is 9.32 Å². The Labute approximate surface area is 155 Å². The molecule has 1 N–H and O–H groups in total. The first kappa shape index (κ1) is 18.6. The summed E-state index contributed by atoms with van der Waals surface area (Å²) in [5, 5.41) is 7.52. The fraction of sp³-hybridized carbons (Fsp3) is 0.833. The van der Waals surface area contributed by atoms with Crippen molar-refractivity contribution in [3.8, 4) is 0 Å². The summed E-state index contributed by atoms with van der Waals surface area (Å²) in [6, 6.07) is 0. The lowest BCUT2D eigenvalue weighted by atomic mass is 9.67. The molecule has 1 aromatic heterocycles. The van der Waals surface area contributed by atoms with E-state index in [4.69, 9.17) is 4.52 Å². The maximum Gasteiger partial charge on any atom is 0.230 e. The van der Waals surface area contributed by atoms with Crippen molar-refractivity contribution in [3.05, 3.63) is 11.7 Å². The number of piperidine rings is 1. The molecule has 0 radical (unpaired) electrons. The van der Waals surface area contributed by atoms with Gasteiger partial charge in [-0.2, -0.15) is 4.98 Å². The van der Waals surface area contributed by atoms with Crippen LogP contribution in [0.5, 0.6) is 0 Å². The number of carbonyl (C=O) groups excluding carboxylic acids is 1. The molecule has 25 heavy (non-hydrogen) atoms. The summed E-state index contributed by atoms with van der Waals surface area (Å²) in [6.07, 6.45) is 7.79. The van der Waals surface area contributed by atoms with Gasteiger partial charge in [0, 0.05) is 33.0 Å². The summed E-state index contributed by atoms with van der Waals surface area (Å²) in [5.74, 6) is 2.80. The Kier molecular flexibility index (Phi) is 5.68. The second-order valence-corrected chi connectivity index (χ2v) is 7.92. The molecule has 3 aliphatic rings. The van der Waals surface area contributed by atoms with Crippen molar-refractivity contribution in [2.75, 3.05) is 26.2 Å². The van der Waals surface area contributed by atoms with Crippen LogP contribution in [0, 0.1) is 24.2 Å². The van der Waals surface area contributed by atoms with Crippen molar-refractivity contribution >= 4 is 18.3 Å². The van der Waals surface area contributed by atoms with Crippen molar-refractivity contribution in [1.82, 2.24) is 20.4 Å². The third kappa shape index (κ3) is 3.56. The van der Waals surface area contributed by atoms with Crippen molar-refractivity contribution in [3.63, 3.8) is 0 Å². The molecule has 140 valence electrons. The molecule has 3 heterocycles. The fourth-order valence-corrected chi connectivity index (χ4v) is 5.08. The standard InChI is InChI=1S/C18H28N4O2.ClH/c1-13-20-16(21-24-13)9-14-5-4-8-22(11-14)17(23)18-7-3-2-6-15(18)10-19-12-18;/h14-15,19H,2-12H2,1H3;1H/t14?,15-,18+;/m0./s1. The number of nitrogens with zero attached hydrogens (tertiary/aromatic N) is 3. The van der Waals surface area contributed by atoms with E-state index >= 15 is 0 Å². The van der Waals surface area contributed by atoms with Crippen LogP contribution in [0.2, 0.25) is 0 Å². The third-order valence-electron chi connectivity index (χ3n) is 6.31. The summed E-state index contributed by atoms with van der Waals surface area (Å²) < 4.78 is 5.08. The van der Waals surface area contributed by atoms with E-state index in [2.05, 4.69) is 20.4 Å². The van der Waals surface area contributed by atoms with E-state index in [9.17, 15) is 4.79 Å². The highest BCUT2D eigenvalue weighted by Gasteiger charge is 2.51. The van der Waals surface area contributed by atoms with Crippen LogP contribution < -0.4 is 5.32 Å². The molecule has 3 atom stereocenters. The van der Waals surface area contributed by atoms with Crippen LogP contribution in [0.25, 0.3) is 0 Å². The Morgan fingerprint density at radius 2 is 2.24 bits per heavy atom. The van der Waals surface area contributed by atoms with E-state index in [0.29, 0.717) is 23.6 Å². The molecule has 1 aliphatic carbocycles. The molecule has 3 fully saturated rings. The molecule has 2 aliphatic heterocycles. The van der Waals surface area contributed by atoms with Gasteiger partial charge in [-0.1, -0.05) is 18.0 Å². The number of hydrogen-bond donors (Lipinski definition) is 1. The van der Waals surface area contributed by atoms with E-state index in [1.807, 2.05) is 6.92 Å². The van der Waals surface area contributed by atoms with Crippen LogP contribution in [0.1, 0.15) is 50.2 Å². The number of carbonyl (C=O) groups is 1. The third-order valence-corrected chi connectivity index (χ3v) is 6.31. The van der Waals surface area contributed by atoms with Crippen LogP contribution >= 0.6 is 12.4 Å². The van der Waals surface area contributed by atoms with Gasteiger partial charge in [-0.25, -0.2) is 0 Å². The Morgan fingerprint density at radius 3 is 3.04 bits per heavy atom. The molecule has 1 unspecified atom stereocenters. The second-order valence-electron chi connectivity index (χ2n) is 7.92. The van der Waals surface area contributed by atoms with Gasteiger partial charge >= 0.3 is 0 Å². The van der Waals surface area contributed by atoms with E-state index in [1.54, 1.807) is 0 Å². The maximum atomic E-state index is 13.4. The van der Waals surface area contributed by atoms with E-state index in [-0.39, 0.29) is 17.8 Å². The maximum absolute atomic E-state index is 13.4. The molecule has 1 amide bonds. The summed E-state index contributed by atoms with van der Waals surface area (Å²) in [7, 11) is 0. The average molecular weight is 369 g/mol. The van der Waals surface area contributed by atoms with Crippen LogP contribution in [0.3, 0.4) is 0 Å². The lowest BCUT2D eigenvalue weighted by Crippen LogP contribution is -2.52. The molecule has 7 heteroatoms. The molecule has 1 aromatic rings. The number of aromatic nitrogens is 2. The highest BCUT2D eigenvalue weighted by Crippen LogP contribution is 2.45. The first-order valence-corrected chi connectivity index (χ1v) is 9.47. The number of hydrogen-bond acceptors (Lipinski definition) is 5. The van der Waals surface area contributed by atoms with Crippen molar-refractivity contribution in [1.29, 1.82) is 0 Å². The van der Waals surface area contributed by atoms with Gasteiger partial charge in [0.05, 0.1) is 5.41 Å². The van der Waals surface area contributed by atoms with Crippen LogP contribution in [0.4, 0.5) is 0 Å². The molecular weight excluding hydrogens is 340 g/mol. The molecule has 6 nitrogen and oxygen atoms in total. The van der Waals surface area contributed by atoms with Crippen molar-refractivity contribution in [2.45, 2.75) is 51.9 Å². The number of amides is 1. The lowest BCUT2D eigenvalue weighted by Gasteiger charge is -2.43. The normalized spacial score (nSPS) is 32.1. The predicted octanol–water partition coefficient (Wildman–Crippen LogP) is 2.36. The van der Waals surface area contributed by atoms with Gasteiger partial charge in [0.15, 0.2) is 5.82 Å². The number of rotatable bonds is 3. The fourth-order valence-electron chi connectivity index (χ4n) is 5.08. The Balaban J connectivity index is 0.00000182. The van der Waals surface area contributed by atoms with Gasteiger partial charge < -0.3 is 14.7 Å². The van der Waals surface area contributed by atoms with E-state index < -0.39 is 0 Å². The zero-order valence-electron chi connectivity index (χ0n) is 15.0. The minimum absolute atomic E-state index is 0. The van der Waals surface area contributed by atoms with E-state index in [1.165, 1.54) is 19.3 Å². The summed E-state index contributed by atoms with van der Waals surface area (Å²) in [5.41, 5.74) is -0.122. The van der Waals surface area contributed by atoms with Gasteiger partial charge in [0.1, 0.15) is 0 Å². The molecule has 0 bridgehead atoms. The number of halogens is 1. The summed E-state index contributed by atoms with van der Waals surface area (Å²) in [4.78, 5) is 19.9. The predicted molar refractivity (Wildman–Crippen MR) is 96.6 cm³/mol. The molecule has 0 spiro atoms. The largest absolute Gasteiger partial charge is 0.342 e. The molecule has 0 aromatic carbocycles. The Morgan fingerprint density at radius 1 is 1.36 bits per heavy atom. The number of aryl methyl sites for hydroxylation is 1. The van der Waals surface area contributed by atoms with Crippen LogP contribution in [0.15, 0.2) is 4.52 Å². The smallest absolute Gasteiger partial charge is 0.230 e. The SMILES string of the molecule is Cc1nc(CC2CCCN(C(=O)[C@@]34CCCC[C@H]3CNC4)C2)no1.Cl. The highest BCUT2D eigenvalue weighted by atomic mass is 35.5. The zero-order chi connectivity index (χ0) is 16.6. The zero-order valence-corrected chi connectivity index (χ0v) is 15.8. The summed E-state index contributed by atoms with van der Waals surface area (Å²) in [6.45, 7) is 5.48. The number of nitrogens with one attached hydrogen (secondary N) is 1. The quantitative estimate of drug-likeness (QED) is 0.886. The molecule has 1 saturated carbocycles.